The van der Waals surface area contributed by atoms with Crippen LogP contribution in [0.15, 0.2) is 36.7 Å². The summed E-state index contributed by atoms with van der Waals surface area (Å²) in [6, 6.07) is 2.19. The van der Waals surface area contributed by atoms with E-state index in [2.05, 4.69) is 20.7 Å². The van der Waals surface area contributed by atoms with E-state index in [1.807, 2.05) is 0 Å². The second kappa shape index (κ2) is 12.9. The van der Waals surface area contributed by atoms with E-state index in [0.717, 1.165) is 29.4 Å². The number of fused-ring (bicyclic) bond motifs is 2. The van der Waals surface area contributed by atoms with Crippen LogP contribution in [0.25, 0.3) is 0 Å². The minimum atomic E-state index is -4.80. The third-order valence-electron chi connectivity index (χ3n) is 8.24. The van der Waals surface area contributed by atoms with Crippen molar-refractivity contribution in [2.75, 3.05) is 24.2 Å². The number of nitrogens with zero attached hydrogens (tertiary/aromatic N) is 4. The Balaban J connectivity index is 1.41. The number of amides is 1. The minimum absolute atomic E-state index is 0.0321. The van der Waals surface area contributed by atoms with E-state index in [-0.39, 0.29) is 52.2 Å². The summed E-state index contributed by atoms with van der Waals surface area (Å²) in [5, 5.41) is 9.12. The maximum absolute atomic E-state index is 15.1. The van der Waals surface area contributed by atoms with Gasteiger partial charge in [-0.05, 0) is 49.4 Å². The number of alkyl halides is 3. The molecular formula is C28H31ClF5N7O3S. The number of halogens is 6. The van der Waals surface area contributed by atoms with Crippen molar-refractivity contribution in [2.24, 2.45) is 12.8 Å². The molecule has 2 fully saturated rings. The van der Waals surface area contributed by atoms with Crippen LogP contribution in [0, 0.1) is 11.6 Å². The lowest BCUT2D eigenvalue weighted by Gasteiger charge is -2.37. The molecule has 4 heterocycles. The van der Waals surface area contributed by atoms with Crippen LogP contribution in [-0.2, 0) is 34.5 Å². The molecule has 45 heavy (non-hydrogen) atoms. The van der Waals surface area contributed by atoms with Crippen molar-refractivity contribution in [3.63, 3.8) is 0 Å². The monoisotopic (exact) mass is 675 g/mol. The second-order valence-corrected chi connectivity index (χ2v) is 13.7. The number of benzene rings is 1. The van der Waals surface area contributed by atoms with Gasteiger partial charge in [0.1, 0.15) is 11.6 Å². The van der Waals surface area contributed by atoms with Crippen LogP contribution in [0.1, 0.15) is 47.7 Å². The molecule has 17 heteroatoms. The van der Waals surface area contributed by atoms with Gasteiger partial charge in [-0.2, -0.15) is 22.6 Å². The van der Waals surface area contributed by atoms with E-state index < -0.39 is 57.4 Å². The minimum Gasteiger partial charge on any atom is -0.323 e. The highest BCUT2D eigenvalue weighted by atomic mass is 35.5. The van der Waals surface area contributed by atoms with E-state index in [1.54, 1.807) is 0 Å². The highest BCUT2D eigenvalue weighted by Gasteiger charge is 2.39. The van der Waals surface area contributed by atoms with Gasteiger partial charge >= 0.3 is 6.18 Å². The molecule has 0 aliphatic carbocycles. The molecule has 3 unspecified atom stereocenters. The van der Waals surface area contributed by atoms with Crippen molar-refractivity contribution in [3.05, 3.63) is 75.8 Å². The fourth-order valence-corrected chi connectivity index (χ4v) is 7.85. The number of hydrogen-bond donors (Lipinski definition) is 3. The number of sulfonamides is 1. The Kier molecular flexibility index (Phi) is 9.52. The predicted octanol–water partition coefficient (Wildman–Crippen LogP) is 3.56. The number of pyridine rings is 1. The van der Waals surface area contributed by atoms with Crippen molar-refractivity contribution in [1.82, 2.24) is 24.4 Å². The lowest BCUT2D eigenvalue weighted by Crippen LogP contribution is -2.57. The number of carbonyl (C=O) groups is 1. The zero-order chi connectivity index (χ0) is 32.7. The van der Waals surface area contributed by atoms with Crippen LogP contribution in [0.2, 0.25) is 5.02 Å². The highest BCUT2D eigenvalue weighted by molar-refractivity contribution is 7.89. The zero-order valence-corrected chi connectivity index (χ0v) is 25.6. The molecule has 1 amide bonds. The number of nitrogens with two attached hydrogens (primary N) is 1. The number of aromatic nitrogens is 3. The van der Waals surface area contributed by atoms with Gasteiger partial charge in [0.2, 0.25) is 15.9 Å². The fraction of sp³-hybridized carbons (Fsp3) is 0.464. The van der Waals surface area contributed by atoms with Gasteiger partial charge in [-0.1, -0.05) is 17.7 Å². The van der Waals surface area contributed by atoms with Crippen LogP contribution in [-0.4, -0.2) is 70.4 Å². The quantitative estimate of drug-likeness (QED) is 0.311. The van der Waals surface area contributed by atoms with E-state index in [0.29, 0.717) is 19.5 Å². The van der Waals surface area contributed by atoms with Crippen LogP contribution < -0.4 is 16.4 Å². The van der Waals surface area contributed by atoms with Crippen LogP contribution in [0.3, 0.4) is 0 Å². The molecule has 4 N–H and O–H groups in total. The van der Waals surface area contributed by atoms with Gasteiger partial charge < -0.3 is 16.4 Å². The van der Waals surface area contributed by atoms with Crippen LogP contribution in [0.4, 0.5) is 27.6 Å². The number of anilines is 1. The average Bonchev–Trinajstić information content (AvgIpc) is 3.31. The largest absolute Gasteiger partial charge is 0.435 e. The molecular weight excluding hydrogens is 645 g/mol. The Morgan fingerprint density at radius 2 is 1.98 bits per heavy atom. The summed E-state index contributed by atoms with van der Waals surface area (Å²) >= 11 is 5.81. The first-order valence-corrected chi connectivity index (χ1v) is 16.1. The summed E-state index contributed by atoms with van der Waals surface area (Å²) in [7, 11) is -2.25. The van der Waals surface area contributed by atoms with E-state index in [4.69, 9.17) is 17.3 Å². The van der Waals surface area contributed by atoms with E-state index >= 15 is 4.39 Å². The molecule has 0 spiro atoms. The van der Waals surface area contributed by atoms with Gasteiger partial charge in [0.15, 0.2) is 5.69 Å². The summed E-state index contributed by atoms with van der Waals surface area (Å²) in [5.41, 5.74) is 5.03. The molecule has 1 aromatic carbocycles. The van der Waals surface area contributed by atoms with Gasteiger partial charge in [-0.15, -0.1) is 0 Å². The Hall–Kier alpha value is -3.18. The first kappa shape index (κ1) is 33.2. The Bertz CT molecular complexity index is 1690. The SMILES string of the molecule is Cn1nc(C(F)(F)F)cc1C(c1ccc(Cl)c(F)c1)C(N)C(=O)Nc1cncc(F)c1CC[C@H]1CN[C@@H]2CCCS(=O)(=O)N1C2. The number of aryl methyl sites for hydroxylation is 1. The molecule has 0 saturated carbocycles. The van der Waals surface area contributed by atoms with Gasteiger partial charge in [0.25, 0.3) is 0 Å². The summed E-state index contributed by atoms with van der Waals surface area (Å²) in [6.45, 7) is 0.703. The third kappa shape index (κ3) is 7.14. The van der Waals surface area contributed by atoms with Crippen LogP contribution in [0.5, 0.6) is 0 Å². The van der Waals surface area contributed by atoms with Crippen molar-refractivity contribution in [1.29, 1.82) is 0 Å². The lowest BCUT2D eigenvalue weighted by molar-refractivity contribution is -0.141. The first-order chi connectivity index (χ1) is 21.2. The standard InChI is InChI=1S/C28H31ClF5N7O3S/c1-40-23(10-24(39-40)28(32,33)34)25(15-4-7-19(29)20(30)9-15)26(35)27(42)38-22-13-36-12-21(31)18(22)6-5-17-11-37-16-3-2-8-45(43,44)41(17)14-16/h4,7,9-10,12-13,16-17,25-26,37H,2-3,5-6,8,11,14,35H2,1H3,(H,38,42)/t16-,17+,25?,26?/m1/s1. The smallest absolute Gasteiger partial charge is 0.323 e. The molecule has 3 aromatic rings. The maximum atomic E-state index is 15.1. The number of hydrogen-bond acceptors (Lipinski definition) is 7. The molecule has 2 aromatic heterocycles. The number of carbonyl (C=O) groups excluding carboxylic acids is 1. The molecule has 5 rings (SSSR count). The van der Waals surface area contributed by atoms with E-state index in [1.165, 1.54) is 29.7 Å². The second-order valence-electron chi connectivity index (χ2n) is 11.2. The molecule has 2 saturated heterocycles. The summed E-state index contributed by atoms with van der Waals surface area (Å²) in [6.07, 6.45) is -1.11. The number of rotatable bonds is 8. The first-order valence-electron chi connectivity index (χ1n) is 14.1. The molecule has 2 aliphatic heterocycles. The molecule has 244 valence electrons. The topological polar surface area (TPSA) is 135 Å². The average molecular weight is 676 g/mol. The maximum Gasteiger partial charge on any atom is 0.435 e. The molecule has 10 nitrogen and oxygen atoms in total. The fourth-order valence-electron chi connectivity index (χ4n) is 5.93. The molecule has 0 radical (unpaired) electrons. The van der Waals surface area contributed by atoms with Crippen LogP contribution >= 0.6 is 11.6 Å². The Labute approximate surface area is 261 Å². The molecule has 2 aliphatic rings. The van der Waals surface area contributed by atoms with E-state index in [9.17, 15) is 30.8 Å². The number of piperazine rings is 1. The predicted molar refractivity (Wildman–Crippen MR) is 156 cm³/mol. The highest BCUT2D eigenvalue weighted by Crippen LogP contribution is 2.35. The van der Waals surface area contributed by atoms with Gasteiger partial charge in [-0.3, -0.25) is 14.5 Å². The molecule has 2 bridgehead atoms. The normalized spacial score (nSPS) is 22.8. The Morgan fingerprint density at radius 3 is 2.67 bits per heavy atom. The number of nitrogens with one attached hydrogen (secondary N) is 2. The summed E-state index contributed by atoms with van der Waals surface area (Å²) in [4.78, 5) is 17.4. The Morgan fingerprint density at radius 1 is 1.22 bits per heavy atom. The zero-order valence-electron chi connectivity index (χ0n) is 24.0. The van der Waals surface area contributed by atoms with Crippen molar-refractivity contribution < 1.29 is 35.2 Å². The van der Waals surface area contributed by atoms with Gasteiger partial charge in [-0.25, -0.2) is 17.2 Å². The van der Waals surface area contributed by atoms with Crippen molar-refractivity contribution >= 4 is 33.2 Å². The lowest BCUT2D eigenvalue weighted by atomic mass is 9.87. The molecule has 5 atom stereocenters. The third-order valence-corrected chi connectivity index (χ3v) is 10.5. The van der Waals surface area contributed by atoms with Crippen molar-refractivity contribution in [3.8, 4) is 0 Å². The van der Waals surface area contributed by atoms with Gasteiger partial charge in [0, 0.05) is 43.5 Å². The summed E-state index contributed by atoms with van der Waals surface area (Å²) in [5.74, 6) is -3.85. The summed E-state index contributed by atoms with van der Waals surface area (Å²) < 4.78 is 98.1. The van der Waals surface area contributed by atoms with Crippen molar-refractivity contribution in [2.45, 2.75) is 55.9 Å². The van der Waals surface area contributed by atoms with Gasteiger partial charge in [0.05, 0.1) is 40.8 Å².